The van der Waals surface area contributed by atoms with Gasteiger partial charge in [-0.05, 0) is 30.7 Å². The lowest BCUT2D eigenvalue weighted by Gasteiger charge is -2.13. The van der Waals surface area contributed by atoms with Crippen molar-refractivity contribution in [1.82, 2.24) is 19.3 Å². The summed E-state index contributed by atoms with van der Waals surface area (Å²) in [5.41, 5.74) is 3.33. The van der Waals surface area contributed by atoms with Crippen LogP contribution in [0.5, 0.6) is 0 Å². The summed E-state index contributed by atoms with van der Waals surface area (Å²) in [6, 6.07) is 12.4. The minimum atomic E-state index is 0.790. The lowest BCUT2D eigenvalue weighted by molar-refractivity contribution is 0.654. The lowest BCUT2D eigenvalue weighted by atomic mass is 10.2. The summed E-state index contributed by atoms with van der Waals surface area (Å²) < 4.78 is 4.05. The third kappa shape index (κ3) is 2.97. The van der Waals surface area contributed by atoms with Crippen molar-refractivity contribution in [3.63, 3.8) is 0 Å². The van der Waals surface area contributed by atoms with Gasteiger partial charge in [0, 0.05) is 18.4 Å². The first-order chi connectivity index (χ1) is 10.4. The second-order valence-corrected chi connectivity index (χ2v) is 4.90. The number of benzene rings is 1. The zero-order valence-corrected chi connectivity index (χ0v) is 12.1. The maximum atomic E-state index is 4.20. The Bertz CT molecular complexity index is 684. The fourth-order valence-electron chi connectivity index (χ4n) is 2.41. The van der Waals surface area contributed by atoms with Gasteiger partial charge in [-0.15, -0.1) is 0 Å². The highest BCUT2D eigenvalue weighted by atomic mass is 15.3. The van der Waals surface area contributed by atoms with Gasteiger partial charge in [0.2, 0.25) is 0 Å². The third-order valence-corrected chi connectivity index (χ3v) is 3.42. The van der Waals surface area contributed by atoms with Crippen molar-refractivity contribution in [3.8, 4) is 5.69 Å². The molecule has 2 aromatic heterocycles. The quantitative estimate of drug-likeness (QED) is 0.755. The van der Waals surface area contributed by atoms with E-state index in [1.54, 1.807) is 17.3 Å². The molecular formula is C16H19N5. The first-order valence-corrected chi connectivity index (χ1v) is 7.20. The molecule has 0 radical (unpaired) electrons. The molecule has 108 valence electrons. The number of aryl methyl sites for hydroxylation is 1. The number of para-hydroxylation sites is 2. The van der Waals surface area contributed by atoms with Crippen molar-refractivity contribution in [2.45, 2.75) is 26.4 Å². The molecule has 0 saturated carbocycles. The van der Waals surface area contributed by atoms with Gasteiger partial charge in [-0.2, -0.15) is 5.10 Å². The van der Waals surface area contributed by atoms with E-state index in [0.717, 1.165) is 30.9 Å². The van der Waals surface area contributed by atoms with Crippen LogP contribution in [0.3, 0.4) is 0 Å². The smallest absolute Gasteiger partial charge is 0.138 e. The van der Waals surface area contributed by atoms with Gasteiger partial charge < -0.3 is 9.88 Å². The first-order valence-electron chi connectivity index (χ1n) is 7.20. The van der Waals surface area contributed by atoms with Crippen LogP contribution >= 0.6 is 0 Å². The number of nitrogens with zero attached hydrogens (tertiary/aromatic N) is 4. The topological polar surface area (TPSA) is 47.7 Å². The highest BCUT2D eigenvalue weighted by molar-refractivity contribution is 5.60. The molecular weight excluding hydrogens is 262 g/mol. The summed E-state index contributed by atoms with van der Waals surface area (Å²) in [4.78, 5) is 4.01. The van der Waals surface area contributed by atoms with Crippen LogP contribution in [0.1, 0.15) is 19.0 Å². The second kappa shape index (κ2) is 6.26. The van der Waals surface area contributed by atoms with Crippen LogP contribution in [0.15, 0.2) is 55.2 Å². The predicted octanol–water partition coefficient (Wildman–Crippen LogP) is 3.09. The molecule has 0 fully saturated rings. The molecule has 21 heavy (non-hydrogen) atoms. The number of hydrogen-bond donors (Lipinski definition) is 1. The van der Waals surface area contributed by atoms with E-state index in [1.807, 2.05) is 18.2 Å². The molecule has 2 heterocycles. The minimum absolute atomic E-state index is 0.790. The largest absolute Gasteiger partial charge is 0.378 e. The van der Waals surface area contributed by atoms with E-state index in [9.17, 15) is 0 Å². The number of aromatic nitrogens is 4. The number of nitrogens with one attached hydrogen (secondary N) is 1. The van der Waals surface area contributed by atoms with Crippen molar-refractivity contribution in [2.24, 2.45) is 0 Å². The zero-order valence-electron chi connectivity index (χ0n) is 12.1. The molecule has 5 nitrogen and oxygen atoms in total. The van der Waals surface area contributed by atoms with Crippen LogP contribution in [0.4, 0.5) is 5.69 Å². The maximum absolute atomic E-state index is 4.20. The molecule has 1 aromatic carbocycles. The van der Waals surface area contributed by atoms with Crippen molar-refractivity contribution in [2.75, 3.05) is 5.32 Å². The predicted molar refractivity (Wildman–Crippen MR) is 83.4 cm³/mol. The summed E-state index contributed by atoms with van der Waals surface area (Å²) in [7, 11) is 0. The molecule has 1 N–H and O–H groups in total. The molecule has 3 aromatic rings. The molecule has 0 unspecified atom stereocenters. The Morgan fingerprint density at radius 2 is 2.05 bits per heavy atom. The van der Waals surface area contributed by atoms with E-state index in [1.165, 1.54) is 5.69 Å². The Hall–Kier alpha value is -2.56. The van der Waals surface area contributed by atoms with Crippen molar-refractivity contribution >= 4 is 5.69 Å². The standard InChI is InChI=1S/C16H19N5/c1-2-9-20-10-5-6-14(20)11-18-15-7-3-4-8-16(15)21-13-17-12-19-21/h3-8,10,12-13,18H,2,9,11H2,1H3. The van der Waals surface area contributed by atoms with E-state index < -0.39 is 0 Å². The Labute approximate surface area is 124 Å². The van der Waals surface area contributed by atoms with E-state index in [0.29, 0.717) is 0 Å². The normalized spacial score (nSPS) is 10.7. The maximum Gasteiger partial charge on any atom is 0.138 e. The van der Waals surface area contributed by atoms with Crippen LogP contribution in [0.2, 0.25) is 0 Å². The van der Waals surface area contributed by atoms with Gasteiger partial charge in [0.15, 0.2) is 0 Å². The molecule has 0 amide bonds. The fraction of sp³-hybridized carbons (Fsp3) is 0.250. The van der Waals surface area contributed by atoms with E-state index >= 15 is 0 Å². The highest BCUT2D eigenvalue weighted by Gasteiger charge is 2.05. The summed E-state index contributed by atoms with van der Waals surface area (Å²) in [6.07, 6.45) is 6.52. The van der Waals surface area contributed by atoms with Crippen molar-refractivity contribution < 1.29 is 0 Å². The first kappa shape index (κ1) is 13.4. The molecule has 0 saturated heterocycles. The molecule has 3 rings (SSSR count). The third-order valence-electron chi connectivity index (χ3n) is 3.42. The number of rotatable bonds is 6. The van der Waals surface area contributed by atoms with Gasteiger partial charge in [0.05, 0.1) is 17.9 Å². The van der Waals surface area contributed by atoms with Gasteiger partial charge in [0.1, 0.15) is 12.7 Å². The molecule has 0 spiro atoms. The molecule has 0 aliphatic rings. The summed E-state index contributed by atoms with van der Waals surface area (Å²) in [5, 5.41) is 7.69. The van der Waals surface area contributed by atoms with Gasteiger partial charge in [-0.3, -0.25) is 0 Å². The SMILES string of the molecule is CCCn1cccc1CNc1ccccc1-n1cncn1. The average Bonchev–Trinajstić information content (AvgIpc) is 3.17. The summed E-state index contributed by atoms with van der Waals surface area (Å²) in [6.45, 7) is 4.03. The van der Waals surface area contributed by atoms with Gasteiger partial charge >= 0.3 is 0 Å². The Morgan fingerprint density at radius 3 is 2.86 bits per heavy atom. The van der Waals surface area contributed by atoms with E-state index in [2.05, 4.69) is 51.3 Å². The lowest BCUT2D eigenvalue weighted by Crippen LogP contribution is -2.09. The Morgan fingerprint density at radius 1 is 1.14 bits per heavy atom. The molecule has 0 atom stereocenters. The minimum Gasteiger partial charge on any atom is -0.378 e. The van der Waals surface area contributed by atoms with Crippen LogP contribution in [0.25, 0.3) is 5.69 Å². The molecule has 5 heteroatoms. The second-order valence-electron chi connectivity index (χ2n) is 4.90. The molecule has 0 bridgehead atoms. The summed E-state index contributed by atoms with van der Waals surface area (Å²) >= 11 is 0. The Kier molecular flexibility index (Phi) is 4.00. The van der Waals surface area contributed by atoms with E-state index in [-0.39, 0.29) is 0 Å². The van der Waals surface area contributed by atoms with Crippen molar-refractivity contribution in [3.05, 3.63) is 60.9 Å². The average molecular weight is 281 g/mol. The monoisotopic (exact) mass is 281 g/mol. The fourth-order valence-corrected chi connectivity index (χ4v) is 2.41. The van der Waals surface area contributed by atoms with Crippen LogP contribution in [-0.2, 0) is 13.1 Å². The van der Waals surface area contributed by atoms with Gasteiger partial charge in [-0.25, -0.2) is 9.67 Å². The Balaban J connectivity index is 1.78. The summed E-state index contributed by atoms with van der Waals surface area (Å²) in [5.74, 6) is 0. The van der Waals surface area contributed by atoms with E-state index in [4.69, 9.17) is 0 Å². The van der Waals surface area contributed by atoms with Crippen molar-refractivity contribution in [1.29, 1.82) is 0 Å². The van der Waals surface area contributed by atoms with Crippen LogP contribution in [-0.4, -0.2) is 19.3 Å². The number of hydrogen-bond acceptors (Lipinski definition) is 3. The van der Waals surface area contributed by atoms with Gasteiger partial charge in [-0.1, -0.05) is 19.1 Å². The molecule has 0 aliphatic heterocycles. The molecule has 0 aliphatic carbocycles. The van der Waals surface area contributed by atoms with Gasteiger partial charge in [0.25, 0.3) is 0 Å². The number of anilines is 1. The van der Waals surface area contributed by atoms with Crippen LogP contribution < -0.4 is 5.32 Å². The zero-order chi connectivity index (χ0) is 14.5. The van der Waals surface area contributed by atoms with Crippen LogP contribution in [0, 0.1) is 0 Å². The highest BCUT2D eigenvalue weighted by Crippen LogP contribution is 2.19.